The molecule has 0 aliphatic carbocycles. The van der Waals surface area contributed by atoms with Crippen LogP contribution in [0.3, 0.4) is 0 Å². The minimum absolute atomic E-state index is 0.178. The van der Waals surface area contributed by atoms with Crippen LogP contribution >= 0.6 is 0 Å². The Morgan fingerprint density at radius 1 is 1.43 bits per heavy atom. The van der Waals surface area contributed by atoms with Gasteiger partial charge in [0, 0.05) is 12.4 Å². The van der Waals surface area contributed by atoms with Gasteiger partial charge in [0.25, 0.3) is 0 Å². The number of H-pyrrole nitrogens is 1. The lowest BCUT2D eigenvalue weighted by molar-refractivity contribution is 0.988. The number of hydrogen-bond donors (Lipinski definition) is 2. The molecule has 14 heavy (non-hydrogen) atoms. The molecule has 0 saturated carbocycles. The van der Waals surface area contributed by atoms with Gasteiger partial charge in [0.05, 0.1) is 11.4 Å². The molecule has 4 heteroatoms. The van der Waals surface area contributed by atoms with E-state index in [1.54, 1.807) is 18.5 Å². The Morgan fingerprint density at radius 3 is 2.86 bits per heavy atom. The van der Waals surface area contributed by atoms with Crippen LogP contribution in [0.4, 0.5) is 5.69 Å². The first kappa shape index (κ1) is 8.62. The number of benzene rings is 1. The Labute approximate surface area is 81.0 Å². The van der Waals surface area contributed by atoms with Gasteiger partial charge in [0.2, 0.25) is 0 Å². The molecule has 0 radical (unpaired) electrons. The van der Waals surface area contributed by atoms with Gasteiger partial charge in [-0.15, -0.1) is 0 Å². The molecule has 72 valence electrons. The molecule has 1 heterocycles. The lowest BCUT2D eigenvalue weighted by Gasteiger charge is -2.05. The van der Waals surface area contributed by atoms with Crippen LogP contribution in [0.2, 0.25) is 0 Å². The van der Waals surface area contributed by atoms with Gasteiger partial charge >= 0.3 is 5.69 Å². The van der Waals surface area contributed by atoms with E-state index in [-0.39, 0.29) is 5.69 Å². The summed E-state index contributed by atoms with van der Waals surface area (Å²) in [6.07, 6.45) is 3.25. The normalized spacial score (nSPS) is 10.4. The first-order valence-corrected chi connectivity index (χ1v) is 4.31. The smallest absolute Gasteiger partial charge is 0.330 e. The van der Waals surface area contributed by atoms with Crippen molar-refractivity contribution < 1.29 is 0 Å². The highest BCUT2D eigenvalue weighted by molar-refractivity contribution is 5.58. The van der Waals surface area contributed by atoms with E-state index in [1.807, 2.05) is 19.1 Å². The van der Waals surface area contributed by atoms with Crippen LogP contribution in [0.25, 0.3) is 5.69 Å². The molecule has 0 aliphatic rings. The van der Waals surface area contributed by atoms with Crippen molar-refractivity contribution in [3.8, 4) is 5.69 Å². The average Bonchev–Trinajstić information content (AvgIpc) is 2.56. The molecule has 2 aromatic rings. The molecule has 0 spiro atoms. The number of hydrogen-bond acceptors (Lipinski definition) is 2. The maximum Gasteiger partial charge on any atom is 0.330 e. The van der Waals surface area contributed by atoms with Gasteiger partial charge < -0.3 is 10.7 Å². The molecule has 0 unspecified atom stereocenters. The molecular weight excluding hydrogens is 178 g/mol. The summed E-state index contributed by atoms with van der Waals surface area (Å²) in [5, 5.41) is 0. The maximum absolute atomic E-state index is 11.3. The number of imidazole rings is 1. The summed E-state index contributed by atoms with van der Waals surface area (Å²) >= 11 is 0. The number of nitrogen functional groups attached to an aromatic ring is 1. The predicted molar refractivity (Wildman–Crippen MR) is 55.5 cm³/mol. The van der Waals surface area contributed by atoms with E-state index in [2.05, 4.69) is 4.98 Å². The van der Waals surface area contributed by atoms with Gasteiger partial charge in [-0.3, -0.25) is 4.57 Å². The molecule has 0 bridgehead atoms. The third-order valence-corrected chi connectivity index (χ3v) is 2.09. The Bertz CT molecular complexity index is 510. The molecule has 0 saturated heterocycles. The highest BCUT2D eigenvalue weighted by Gasteiger charge is 2.03. The number of nitrogens with one attached hydrogen (secondary N) is 1. The van der Waals surface area contributed by atoms with Gasteiger partial charge in [-0.05, 0) is 24.6 Å². The molecule has 0 amide bonds. The van der Waals surface area contributed by atoms with Crippen LogP contribution in [0.5, 0.6) is 0 Å². The number of nitrogens with two attached hydrogens (primary N) is 1. The number of anilines is 1. The monoisotopic (exact) mass is 189 g/mol. The van der Waals surface area contributed by atoms with Crippen molar-refractivity contribution in [1.29, 1.82) is 0 Å². The fourth-order valence-electron chi connectivity index (χ4n) is 1.37. The molecule has 1 aromatic carbocycles. The summed E-state index contributed by atoms with van der Waals surface area (Å²) in [5.74, 6) is 0. The maximum atomic E-state index is 11.3. The van der Waals surface area contributed by atoms with Crippen molar-refractivity contribution in [3.63, 3.8) is 0 Å². The third kappa shape index (κ3) is 1.31. The molecule has 1 aromatic heterocycles. The summed E-state index contributed by atoms with van der Waals surface area (Å²) < 4.78 is 1.49. The van der Waals surface area contributed by atoms with E-state index in [4.69, 9.17) is 5.73 Å². The van der Waals surface area contributed by atoms with Crippen LogP contribution in [-0.4, -0.2) is 9.55 Å². The SMILES string of the molecule is Cc1ccc(N)c(-n2cc[nH]c2=O)c1. The fourth-order valence-corrected chi connectivity index (χ4v) is 1.37. The Morgan fingerprint density at radius 2 is 2.21 bits per heavy atom. The molecule has 0 atom stereocenters. The van der Waals surface area contributed by atoms with E-state index < -0.39 is 0 Å². The second-order valence-electron chi connectivity index (χ2n) is 3.20. The summed E-state index contributed by atoms with van der Waals surface area (Å²) in [4.78, 5) is 13.9. The Balaban J connectivity index is 2.68. The highest BCUT2D eigenvalue weighted by atomic mass is 16.1. The highest BCUT2D eigenvalue weighted by Crippen LogP contribution is 2.16. The molecule has 4 nitrogen and oxygen atoms in total. The molecule has 2 rings (SSSR count). The van der Waals surface area contributed by atoms with Crippen LogP contribution < -0.4 is 11.4 Å². The topological polar surface area (TPSA) is 63.8 Å². The van der Waals surface area contributed by atoms with Crippen molar-refractivity contribution in [2.24, 2.45) is 0 Å². The molecule has 0 fully saturated rings. The van der Waals surface area contributed by atoms with E-state index in [0.717, 1.165) is 11.3 Å². The fraction of sp³-hybridized carbons (Fsp3) is 0.100. The minimum Gasteiger partial charge on any atom is -0.397 e. The number of rotatable bonds is 1. The van der Waals surface area contributed by atoms with Crippen LogP contribution in [0.1, 0.15) is 5.56 Å². The standard InChI is InChI=1S/C10H11N3O/c1-7-2-3-8(11)9(6-7)13-5-4-12-10(13)14/h2-6H,11H2,1H3,(H,12,14). The average molecular weight is 189 g/mol. The number of nitrogens with zero attached hydrogens (tertiary/aromatic N) is 1. The predicted octanol–water partition coefficient (Wildman–Crippen LogP) is 1.06. The van der Waals surface area contributed by atoms with E-state index >= 15 is 0 Å². The second kappa shape index (κ2) is 3.06. The van der Waals surface area contributed by atoms with Gasteiger partial charge in [-0.2, -0.15) is 0 Å². The molecule has 3 N–H and O–H groups in total. The Kier molecular flexibility index (Phi) is 1.89. The van der Waals surface area contributed by atoms with E-state index in [0.29, 0.717) is 5.69 Å². The summed E-state index contributed by atoms with van der Waals surface area (Å²) in [5.41, 5.74) is 7.98. The van der Waals surface area contributed by atoms with Crippen molar-refractivity contribution in [2.45, 2.75) is 6.92 Å². The van der Waals surface area contributed by atoms with E-state index in [9.17, 15) is 4.79 Å². The second-order valence-corrected chi connectivity index (χ2v) is 3.20. The summed E-state index contributed by atoms with van der Waals surface area (Å²) in [6.45, 7) is 1.96. The van der Waals surface area contributed by atoms with E-state index in [1.165, 1.54) is 4.57 Å². The summed E-state index contributed by atoms with van der Waals surface area (Å²) in [6, 6.07) is 5.59. The van der Waals surface area contributed by atoms with Gasteiger partial charge in [0.1, 0.15) is 0 Å². The van der Waals surface area contributed by atoms with Crippen molar-refractivity contribution in [2.75, 3.05) is 5.73 Å². The van der Waals surface area contributed by atoms with Crippen molar-refractivity contribution >= 4 is 5.69 Å². The molecular formula is C10H11N3O. The lowest BCUT2D eigenvalue weighted by Crippen LogP contribution is -2.15. The largest absolute Gasteiger partial charge is 0.397 e. The van der Waals surface area contributed by atoms with Gasteiger partial charge in [-0.1, -0.05) is 6.07 Å². The van der Waals surface area contributed by atoms with Gasteiger partial charge in [-0.25, -0.2) is 4.79 Å². The number of aromatic amines is 1. The van der Waals surface area contributed by atoms with Crippen LogP contribution in [-0.2, 0) is 0 Å². The van der Waals surface area contributed by atoms with Gasteiger partial charge in [0.15, 0.2) is 0 Å². The number of aromatic nitrogens is 2. The quantitative estimate of drug-likeness (QED) is 0.659. The third-order valence-electron chi connectivity index (χ3n) is 2.09. The summed E-state index contributed by atoms with van der Waals surface area (Å²) in [7, 11) is 0. The van der Waals surface area contributed by atoms with Crippen LogP contribution in [0.15, 0.2) is 35.4 Å². The number of aryl methyl sites for hydroxylation is 1. The zero-order valence-electron chi connectivity index (χ0n) is 7.82. The zero-order chi connectivity index (χ0) is 10.1. The molecule has 0 aliphatic heterocycles. The van der Waals surface area contributed by atoms with Crippen molar-refractivity contribution in [1.82, 2.24) is 9.55 Å². The van der Waals surface area contributed by atoms with Crippen LogP contribution in [0, 0.1) is 6.92 Å². The first-order valence-electron chi connectivity index (χ1n) is 4.31. The van der Waals surface area contributed by atoms with Crippen molar-refractivity contribution in [3.05, 3.63) is 46.6 Å². The minimum atomic E-state index is -0.178. The first-order chi connectivity index (χ1) is 6.68. The Hall–Kier alpha value is -1.97. The zero-order valence-corrected chi connectivity index (χ0v) is 7.82. The lowest BCUT2D eigenvalue weighted by atomic mass is 10.2.